The zero-order valence-electron chi connectivity index (χ0n) is 14.4. The SMILES string of the molecule is CCCCCn1ccc2cc(-c3ccc4ncsc4n3)c(F)cc2c1=O. The summed E-state index contributed by atoms with van der Waals surface area (Å²) in [7, 11) is 0. The molecule has 0 bridgehead atoms. The molecule has 132 valence electrons. The van der Waals surface area contributed by atoms with E-state index in [1.807, 2.05) is 12.1 Å². The Labute approximate surface area is 154 Å². The Morgan fingerprint density at radius 1 is 1.19 bits per heavy atom. The van der Waals surface area contributed by atoms with E-state index in [4.69, 9.17) is 0 Å². The van der Waals surface area contributed by atoms with E-state index in [1.165, 1.54) is 17.4 Å². The van der Waals surface area contributed by atoms with Crippen LogP contribution in [0.15, 0.2) is 46.8 Å². The molecule has 0 saturated carbocycles. The summed E-state index contributed by atoms with van der Waals surface area (Å²) >= 11 is 1.42. The summed E-state index contributed by atoms with van der Waals surface area (Å²) in [4.78, 5) is 22.1. The first kappa shape index (κ1) is 16.8. The Bertz CT molecular complexity index is 1150. The molecule has 0 N–H and O–H groups in total. The number of fused-ring (bicyclic) bond motifs is 2. The number of benzene rings is 1. The smallest absolute Gasteiger partial charge is 0.258 e. The minimum Gasteiger partial charge on any atom is -0.315 e. The van der Waals surface area contributed by atoms with Crippen LogP contribution in [0.5, 0.6) is 0 Å². The molecule has 0 saturated heterocycles. The Morgan fingerprint density at radius 2 is 2.08 bits per heavy atom. The molecule has 26 heavy (non-hydrogen) atoms. The van der Waals surface area contributed by atoms with Crippen LogP contribution in [-0.4, -0.2) is 14.5 Å². The normalized spacial score (nSPS) is 11.5. The van der Waals surface area contributed by atoms with Gasteiger partial charge in [0.15, 0.2) is 0 Å². The van der Waals surface area contributed by atoms with Crippen LogP contribution in [0.1, 0.15) is 26.2 Å². The number of aromatic nitrogens is 3. The van der Waals surface area contributed by atoms with Crippen molar-refractivity contribution >= 4 is 32.5 Å². The summed E-state index contributed by atoms with van der Waals surface area (Å²) in [5, 5.41) is 1.13. The average molecular weight is 367 g/mol. The molecule has 3 heterocycles. The summed E-state index contributed by atoms with van der Waals surface area (Å²) in [6, 6.07) is 8.51. The van der Waals surface area contributed by atoms with Gasteiger partial charge in [0.25, 0.3) is 5.56 Å². The molecule has 0 spiro atoms. The second-order valence-electron chi connectivity index (χ2n) is 6.31. The van der Waals surface area contributed by atoms with Gasteiger partial charge in [-0.15, -0.1) is 11.3 Å². The quantitative estimate of drug-likeness (QED) is 0.466. The Hall–Kier alpha value is -2.60. The zero-order valence-corrected chi connectivity index (χ0v) is 15.2. The molecule has 6 heteroatoms. The minimum absolute atomic E-state index is 0.144. The lowest BCUT2D eigenvalue weighted by Crippen LogP contribution is -2.19. The van der Waals surface area contributed by atoms with E-state index in [1.54, 1.807) is 28.4 Å². The molecule has 4 rings (SSSR count). The molecule has 1 aromatic carbocycles. The van der Waals surface area contributed by atoms with Crippen molar-refractivity contribution < 1.29 is 4.39 Å². The van der Waals surface area contributed by atoms with Gasteiger partial charge in [-0.2, -0.15) is 0 Å². The number of rotatable bonds is 5. The zero-order chi connectivity index (χ0) is 18.1. The van der Waals surface area contributed by atoms with Crippen LogP contribution in [0.3, 0.4) is 0 Å². The minimum atomic E-state index is -0.433. The lowest BCUT2D eigenvalue weighted by Gasteiger charge is -2.09. The summed E-state index contributed by atoms with van der Waals surface area (Å²) in [5.74, 6) is -0.433. The van der Waals surface area contributed by atoms with Gasteiger partial charge in [0.05, 0.1) is 22.1 Å². The molecule has 0 amide bonds. The number of thiazole rings is 1. The van der Waals surface area contributed by atoms with Crippen molar-refractivity contribution in [2.45, 2.75) is 32.7 Å². The first-order valence-electron chi connectivity index (χ1n) is 8.70. The second kappa shape index (κ2) is 6.96. The van der Waals surface area contributed by atoms with Crippen molar-refractivity contribution in [3.05, 3.63) is 58.2 Å². The standard InChI is InChI=1S/C20H18FN3OS/c1-2-3-4-8-24-9-7-13-10-15(16(21)11-14(13)20(24)25)17-5-6-18-19(23-17)26-12-22-18/h5-7,9-12H,2-4,8H2,1H3. The number of aryl methyl sites for hydroxylation is 1. The van der Waals surface area contributed by atoms with Gasteiger partial charge >= 0.3 is 0 Å². The number of halogens is 1. The van der Waals surface area contributed by atoms with Gasteiger partial charge in [-0.25, -0.2) is 14.4 Å². The first-order valence-corrected chi connectivity index (χ1v) is 9.58. The monoisotopic (exact) mass is 367 g/mol. The van der Waals surface area contributed by atoms with Crippen molar-refractivity contribution in [1.82, 2.24) is 14.5 Å². The Balaban J connectivity index is 1.79. The van der Waals surface area contributed by atoms with E-state index in [0.29, 0.717) is 23.2 Å². The highest BCUT2D eigenvalue weighted by Gasteiger charge is 2.12. The maximum absolute atomic E-state index is 14.7. The molecule has 0 unspecified atom stereocenters. The van der Waals surface area contributed by atoms with Crippen LogP contribution in [-0.2, 0) is 6.54 Å². The average Bonchev–Trinajstić information content (AvgIpc) is 3.11. The summed E-state index contributed by atoms with van der Waals surface area (Å²) in [6.07, 6.45) is 4.91. The maximum Gasteiger partial charge on any atom is 0.258 e. The molecule has 0 atom stereocenters. The number of nitrogens with zero attached hydrogens (tertiary/aromatic N) is 3. The third-order valence-corrected chi connectivity index (χ3v) is 5.27. The van der Waals surface area contributed by atoms with Crippen molar-refractivity contribution in [1.29, 1.82) is 0 Å². The molecule has 0 radical (unpaired) electrons. The topological polar surface area (TPSA) is 47.8 Å². The van der Waals surface area contributed by atoms with E-state index in [0.717, 1.165) is 35.0 Å². The predicted octanol–water partition coefficient (Wildman–Crippen LogP) is 5.00. The van der Waals surface area contributed by atoms with Crippen molar-refractivity contribution in [3.8, 4) is 11.3 Å². The first-order chi connectivity index (χ1) is 12.7. The fraction of sp³-hybridized carbons (Fsp3) is 0.250. The molecular formula is C20H18FN3OS. The van der Waals surface area contributed by atoms with Gasteiger partial charge < -0.3 is 4.57 Å². The van der Waals surface area contributed by atoms with E-state index in [-0.39, 0.29) is 5.56 Å². The van der Waals surface area contributed by atoms with Gasteiger partial charge in [-0.3, -0.25) is 4.79 Å². The van der Waals surface area contributed by atoms with Crippen molar-refractivity contribution in [2.75, 3.05) is 0 Å². The van der Waals surface area contributed by atoms with E-state index in [9.17, 15) is 9.18 Å². The number of hydrogen-bond acceptors (Lipinski definition) is 4. The fourth-order valence-electron chi connectivity index (χ4n) is 3.11. The second-order valence-corrected chi connectivity index (χ2v) is 7.15. The molecular weight excluding hydrogens is 349 g/mol. The number of hydrogen-bond donors (Lipinski definition) is 0. The lowest BCUT2D eigenvalue weighted by atomic mass is 10.0. The summed E-state index contributed by atoms with van der Waals surface area (Å²) < 4.78 is 16.4. The van der Waals surface area contributed by atoms with Crippen molar-refractivity contribution in [2.24, 2.45) is 0 Å². The van der Waals surface area contributed by atoms with E-state index in [2.05, 4.69) is 16.9 Å². The summed E-state index contributed by atoms with van der Waals surface area (Å²) in [5.41, 5.74) is 3.33. The lowest BCUT2D eigenvalue weighted by molar-refractivity contribution is 0.590. The summed E-state index contributed by atoms with van der Waals surface area (Å²) in [6.45, 7) is 2.79. The highest BCUT2D eigenvalue weighted by molar-refractivity contribution is 7.16. The van der Waals surface area contributed by atoms with Crippen LogP contribution < -0.4 is 5.56 Å². The van der Waals surface area contributed by atoms with E-state index >= 15 is 0 Å². The third-order valence-electron chi connectivity index (χ3n) is 4.54. The Kier molecular flexibility index (Phi) is 4.51. The molecule has 3 aromatic heterocycles. The molecule has 4 nitrogen and oxygen atoms in total. The molecule has 4 aromatic rings. The maximum atomic E-state index is 14.7. The van der Waals surface area contributed by atoms with Crippen LogP contribution >= 0.6 is 11.3 Å². The Morgan fingerprint density at radius 3 is 2.92 bits per heavy atom. The molecule has 0 aliphatic carbocycles. The van der Waals surface area contributed by atoms with Crippen LogP contribution in [0.25, 0.3) is 32.4 Å². The van der Waals surface area contributed by atoms with Crippen molar-refractivity contribution in [3.63, 3.8) is 0 Å². The molecule has 0 aliphatic heterocycles. The van der Waals surface area contributed by atoms with E-state index < -0.39 is 5.82 Å². The van der Waals surface area contributed by atoms with Gasteiger partial charge in [-0.1, -0.05) is 19.8 Å². The van der Waals surface area contributed by atoms with Crippen LogP contribution in [0.2, 0.25) is 0 Å². The largest absolute Gasteiger partial charge is 0.315 e. The number of pyridine rings is 2. The van der Waals surface area contributed by atoms with Gasteiger partial charge in [0.2, 0.25) is 0 Å². The van der Waals surface area contributed by atoms with Gasteiger partial charge in [0, 0.05) is 18.3 Å². The molecule has 0 fully saturated rings. The fourth-order valence-corrected chi connectivity index (χ4v) is 3.77. The highest BCUT2D eigenvalue weighted by atomic mass is 32.1. The van der Waals surface area contributed by atoms with Gasteiger partial charge in [-0.05, 0) is 42.1 Å². The van der Waals surface area contributed by atoms with Crippen LogP contribution in [0, 0.1) is 5.82 Å². The predicted molar refractivity (Wildman–Crippen MR) is 104 cm³/mol. The highest BCUT2D eigenvalue weighted by Crippen LogP contribution is 2.27. The van der Waals surface area contributed by atoms with Gasteiger partial charge in [0.1, 0.15) is 10.6 Å². The molecule has 0 aliphatic rings. The number of unbranched alkanes of at least 4 members (excludes halogenated alkanes) is 2. The third kappa shape index (κ3) is 3.01. The van der Waals surface area contributed by atoms with Crippen LogP contribution in [0.4, 0.5) is 4.39 Å².